The van der Waals surface area contributed by atoms with E-state index >= 15 is 0 Å². The van der Waals surface area contributed by atoms with Crippen LogP contribution in [0.1, 0.15) is 19.4 Å². The Labute approximate surface area is 222 Å². The lowest BCUT2D eigenvalue weighted by Crippen LogP contribution is -2.67. The smallest absolute Gasteiger partial charge is 0.497 e. The van der Waals surface area contributed by atoms with Crippen LogP contribution < -0.4 is 9.64 Å². The van der Waals surface area contributed by atoms with Gasteiger partial charge in [-0.1, -0.05) is 49.6 Å². The molecule has 0 aliphatic rings. The second-order valence-electron chi connectivity index (χ2n) is 9.80. The van der Waals surface area contributed by atoms with Crippen molar-refractivity contribution < 1.29 is 26.3 Å². The van der Waals surface area contributed by atoms with E-state index < -0.39 is 26.0 Å². The molecular formula is C29H41N3O4S+2. The van der Waals surface area contributed by atoms with E-state index in [-0.39, 0.29) is 9.39 Å². The van der Waals surface area contributed by atoms with Crippen LogP contribution in [0.15, 0.2) is 90.5 Å². The van der Waals surface area contributed by atoms with Crippen molar-refractivity contribution in [2.75, 3.05) is 46.7 Å². The summed E-state index contributed by atoms with van der Waals surface area (Å²) < 4.78 is 31.1. The number of amides is 2. The van der Waals surface area contributed by atoms with Gasteiger partial charge in [0.1, 0.15) is 11.8 Å². The lowest BCUT2D eigenvalue weighted by atomic mass is 9.99. The molecule has 0 aliphatic heterocycles. The van der Waals surface area contributed by atoms with Crippen LogP contribution >= 0.6 is 0 Å². The van der Waals surface area contributed by atoms with Crippen LogP contribution in [0.2, 0.25) is 0 Å². The van der Waals surface area contributed by atoms with E-state index in [0.29, 0.717) is 18.7 Å². The minimum absolute atomic E-state index is 0.0766. The topological polar surface area (TPSA) is 63.7 Å². The van der Waals surface area contributed by atoms with Gasteiger partial charge >= 0.3 is 16.1 Å². The number of urea groups is 1. The molecule has 1 atom stereocenters. The zero-order valence-corrected chi connectivity index (χ0v) is 24.0. The first-order valence-electron chi connectivity index (χ1n) is 12.2. The summed E-state index contributed by atoms with van der Waals surface area (Å²) in [5.74, 6) is 0.741. The van der Waals surface area contributed by atoms with Gasteiger partial charge in [0.05, 0.1) is 45.9 Å². The van der Waals surface area contributed by atoms with E-state index in [0.717, 1.165) is 17.0 Å². The van der Waals surface area contributed by atoms with Crippen molar-refractivity contribution in [1.29, 1.82) is 0 Å². The first-order chi connectivity index (χ1) is 17.2. The van der Waals surface area contributed by atoms with E-state index in [9.17, 15) is 13.2 Å². The number of allylic oxidation sites excluding steroid dienone is 3. The zero-order chi connectivity index (χ0) is 28.0. The highest BCUT2D eigenvalue weighted by molar-refractivity contribution is 7.90. The van der Waals surface area contributed by atoms with Crippen LogP contribution in [-0.4, -0.2) is 70.7 Å². The van der Waals surface area contributed by atoms with Crippen LogP contribution in [0.25, 0.3) is 0 Å². The predicted octanol–water partition coefficient (Wildman–Crippen LogP) is 5.34. The molecule has 2 aromatic rings. The SMILES string of the molecule is C=CC=C(C)S(=O)(=O)[N+](C)(C)C(=O)[N+](C)(C)C(Cc1ccccc1)C(=C)N(CC)c1ccc(OC)cc1. The molecule has 0 N–H and O–H groups in total. The summed E-state index contributed by atoms with van der Waals surface area (Å²) in [6.45, 7) is 12.2. The summed E-state index contributed by atoms with van der Waals surface area (Å²) in [6.07, 6.45) is 3.31. The van der Waals surface area contributed by atoms with Gasteiger partial charge in [0.2, 0.25) is 0 Å². The molecule has 7 nitrogen and oxygen atoms in total. The maximum Gasteiger partial charge on any atom is 0.529 e. The van der Waals surface area contributed by atoms with Gasteiger partial charge in [-0.3, -0.25) is 0 Å². The molecule has 1 unspecified atom stereocenters. The van der Waals surface area contributed by atoms with Gasteiger partial charge in [-0.25, -0.2) is 4.48 Å². The van der Waals surface area contributed by atoms with Gasteiger partial charge in [-0.15, -0.1) is 3.89 Å². The Bertz CT molecular complexity index is 1250. The molecule has 200 valence electrons. The monoisotopic (exact) mass is 527 g/mol. The molecule has 0 bridgehead atoms. The van der Waals surface area contributed by atoms with Crippen LogP contribution in [-0.2, 0) is 16.4 Å². The zero-order valence-electron chi connectivity index (χ0n) is 23.1. The Kier molecular flexibility index (Phi) is 9.66. The van der Waals surface area contributed by atoms with Gasteiger partial charge in [0, 0.05) is 18.7 Å². The fourth-order valence-corrected chi connectivity index (χ4v) is 5.92. The molecule has 0 spiro atoms. The molecule has 8 heteroatoms. The van der Waals surface area contributed by atoms with Crippen molar-refractivity contribution in [2.45, 2.75) is 26.3 Å². The largest absolute Gasteiger partial charge is 0.529 e. The highest BCUT2D eigenvalue weighted by Gasteiger charge is 2.55. The summed E-state index contributed by atoms with van der Waals surface area (Å²) in [6, 6.07) is 16.6. The third-order valence-electron chi connectivity index (χ3n) is 6.80. The Balaban J connectivity index is 2.61. The van der Waals surface area contributed by atoms with Crippen molar-refractivity contribution in [1.82, 2.24) is 0 Å². The van der Waals surface area contributed by atoms with Crippen molar-refractivity contribution in [3.8, 4) is 5.75 Å². The summed E-state index contributed by atoms with van der Waals surface area (Å²) in [7, 11) is 3.97. The average Bonchev–Trinajstić information content (AvgIpc) is 2.88. The number of hydrogen-bond acceptors (Lipinski definition) is 5. The fourth-order valence-electron chi connectivity index (χ4n) is 4.52. The Morgan fingerprint density at radius 2 is 1.62 bits per heavy atom. The number of sulfonamides is 1. The predicted molar refractivity (Wildman–Crippen MR) is 152 cm³/mol. The molecule has 2 rings (SSSR count). The molecule has 2 amide bonds. The quantitative estimate of drug-likeness (QED) is 0.292. The average molecular weight is 528 g/mol. The molecular weight excluding hydrogens is 486 g/mol. The molecule has 2 aromatic carbocycles. The van der Waals surface area contributed by atoms with E-state index in [4.69, 9.17) is 4.74 Å². The maximum absolute atomic E-state index is 14.1. The van der Waals surface area contributed by atoms with Crippen molar-refractivity contribution in [2.24, 2.45) is 0 Å². The van der Waals surface area contributed by atoms with Crippen LogP contribution in [0.4, 0.5) is 10.5 Å². The van der Waals surface area contributed by atoms with Gasteiger partial charge < -0.3 is 9.64 Å². The van der Waals surface area contributed by atoms with Gasteiger partial charge in [0.15, 0.2) is 0 Å². The lowest BCUT2D eigenvalue weighted by molar-refractivity contribution is -0.902. The number of hydrogen-bond donors (Lipinski definition) is 0. The Morgan fingerprint density at radius 3 is 2.11 bits per heavy atom. The van der Waals surface area contributed by atoms with Crippen molar-refractivity contribution in [3.63, 3.8) is 0 Å². The van der Waals surface area contributed by atoms with Gasteiger partial charge in [-0.2, -0.15) is 13.2 Å². The molecule has 0 heterocycles. The molecule has 0 radical (unpaired) electrons. The van der Waals surface area contributed by atoms with E-state index in [1.54, 1.807) is 21.2 Å². The number of quaternary nitrogens is 2. The minimum atomic E-state index is -4.00. The van der Waals surface area contributed by atoms with Crippen LogP contribution in [0, 0.1) is 0 Å². The number of likely N-dealkylation sites (N-methyl/N-ethyl adjacent to an activating group) is 2. The first-order valence-corrected chi connectivity index (χ1v) is 13.6. The third kappa shape index (κ3) is 6.21. The number of anilines is 1. The second-order valence-corrected chi connectivity index (χ2v) is 12.3. The van der Waals surface area contributed by atoms with Gasteiger partial charge in [0.25, 0.3) is 0 Å². The number of methoxy groups -OCH3 is 1. The van der Waals surface area contributed by atoms with Crippen molar-refractivity contribution >= 4 is 21.7 Å². The Hall–Kier alpha value is -3.20. The molecule has 37 heavy (non-hydrogen) atoms. The Morgan fingerprint density at radius 1 is 1.05 bits per heavy atom. The van der Waals surface area contributed by atoms with Gasteiger partial charge in [-0.05, 0) is 49.8 Å². The normalized spacial score (nSPS) is 13.5. The molecule has 0 fully saturated rings. The number of nitrogens with zero attached hydrogens (tertiary/aromatic N) is 3. The number of rotatable bonds is 11. The highest BCUT2D eigenvalue weighted by Crippen LogP contribution is 2.32. The minimum Gasteiger partial charge on any atom is -0.497 e. The van der Waals surface area contributed by atoms with Crippen molar-refractivity contribution in [3.05, 3.63) is 96.1 Å². The standard InChI is InChI=1S/C29H41N3O4S/c1-10-15-23(3)37(34,35)32(7,8)29(33)31(5,6)28(22-25-16-13-12-14-17-25)24(4)30(11-2)26-18-20-27(36-9)21-19-26/h10,12-21,28H,1,4,11,22H2,2-3,5-9H3/q+2. The number of ether oxygens (including phenoxy) is 1. The maximum atomic E-state index is 14.1. The lowest BCUT2D eigenvalue weighted by Gasteiger charge is -2.41. The summed E-state index contributed by atoms with van der Waals surface area (Å²) in [4.78, 5) is 16.3. The summed E-state index contributed by atoms with van der Waals surface area (Å²) in [5, 5.41) is 0. The summed E-state index contributed by atoms with van der Waals surface area (Å²) >= 11 is 0. The first kappa shape index (κ1) is 30.0. The molecule has 0 aromatic heterocycles. The van der Waals surface area contributed by atoms with Crippen LogP contribution in [0.3, 0.4) is 0 Å². The third-order valence-corrected chi connectivity index (χ3v) is 9.10. The number of carbonyl (C=O) groups is 1. The van der Waals surface area contributed by atoms with Crippen LogP contribution in [0.5, 0.6) is 5.75 Å². The molecule has 0 saturated heterocycles. The van der Waals surface area contributed by atoms with E-state index in [1.165, 1.54) is 33.2 Å². The number of benzene rings is 2. The number of carbonyl (C=O) groups excluding carboxylic acids is 1. The summed E-state index contributed by atoms with van der Waals surface area (Å²) in [5.41, 5.74) is 2.64. The van der Waals surface area contributed by atoms with E-state index in [1.807, 2.05) is 61.5 Å². The molecule has 0 saturated carbocycles. The second kappa shape index (κ2) is 11.9. The molecule has 0 aliphatic carbocycles. The fraction of sp³-hybridized carbons (Fsp3) is 0.345. The van der Waals surface area contributed by atoms with E-state index in [2.05, 4.69) is 18.1 Å². The highest BCUT2D eigenvalue weighted by atomic mass is 32.2.